The Bertz CT molecular complexity index is 500. The molecule has 3 rings (SSSR count). The van der Waals surface area contributed by atoms with E-state index in [4.69, 9.17) is 0 Å². The molecule has 1 aromatic carbocycles. The van der Waals surface area contributed by atoms with E-state index in [-0.39, 0.29) is 11.7 Å². The largest absolute Gasteiger partial charge is 0.326 e. The van der Waals surface area contributed by atoms with Crippen LogP contribution in [-0.2, 0) is 4.79 Å². The summed E-state index contributed by atoms with van der Waals surface area (Å²) >= 11 is 0. The first-order valence-electron chi connectivity index (χ1n) is 7.18. The zero-order valence-corrected chi connectivity index (χ0v) is 11.3. The Balaban J connectivity index is 1.57. The van der Waals surface area contributed by atoms with Gasteiger partial charge in [0.05, 0.1) is 0 Å². The first-order valence-corrected chi connectivity index (χ1v) is 7.18. The number of anilines is 1. The molecular weight excluding hydrogens is 241 g/mol. The van der Waals surface area contributed by atoms with Gasteiger partial charge in [0.1, 0.15) is 5.82 Å². The fourth-order valence-corrected chi connectivity index (χ4v) is 3.75. The van der Waals surface area contributed by atoms with Crippen molar-refractivity contribution in [3.8, 4) is 0 Å². The highest BCUT2D eigenvalue weighted by Gasteiger charge is 2.40. The predicted octanol–water partition coefficient (Wildman–Crippen LogP) is 3.90. The lowest BCUT2D eigenvalue weighted by Gasteiger charge is -2.20. The van der Waals surface area contributed by atoms with Crippen LogP contribution in [0.1, 0.15) is 37.7 Å². The number of amides is 1. The van der Waals surface area contributed by atoms with Crippen LogP contribution < -0.4 is 5.32 Å². The second kappa shape index (κ2) is 4.95. The fourth-order valence-electron chi connectivity index (χ4n) is 3.75. The highest BCUT2D eigenvalue weighted by atomic mass is 19.1. The van der Waals surface area contributed by atoms with E-state index in [1.807, 2.05) is 0 Å². The van der Waals surface area contributed by atoms with Gasteiger partial charge < -0.3 is 5.32 Å². The lowest BCUT2D eigenvalue weighted by molar-refractivity contribution is -0.117. The van der Waals surface area contributed by atoms with Crippen LogP contribution in [0.15, 0.2) is 18.2 Å². The molecule has 19 heavy (non-hydrogen) atoms. The molecule has 1 amide bonds. The zero-order chi connectivity index (χ0) is 13.4. The van der Waals surface area contributed by atoms with Crippen LogP contribution in [0.5, 0.6) is 0 Å². The Kier molecular flexibility index (Phi) is 3.29. The van der Waals surface area contributed by atoms with Crippen molar-refractivity contribution in [2.45, 2.75) is 39.0 Å². The van der Waals surface area contributed by atoms with E-state index < -0.39 is 0 Å². The lowest BCUT2D eigenvalue weighted by Crippen LogP contribution is -2.20. The average molecular weight is 261 g/mol. The van der Waals surface area contributed by atoms with Crippen molar-refractivity contribution in [1.29, 1.82) is 0 Å². The third-order valence-electron chi connectivity index (χ3n) is 4.79. The van der Waals surface area contributed by atoms with Crippen LogP contribution in [0.4, 0.5) is 10.1 Å². The predicted molar refractivity (Wildman–Crippen MR) is 73.3 cm³/mol. The Hall–Kier alpha value is -1.38. The van der Waals surface area contributed by atoms with Crippen LogP contribution in [0, 0.1) is 30.5 Å². The van der Waals surface area contributed by atoms with Gasteiger partial charge in [0, 0.05) is 12.1 Å². The van der Waals surface area contributed by atoms with Crippen molar-refractivity contribution in [2.75, 3.05) is 5.32 Å². The number of benzene rings is 1. The van der Waals surface area contributed by atoms with Gasteiger partial charge in [-0.2, -0.15) is 0 Å². The third-order valence-corrected chi connectivity index (χ3v) is 4.79. The molecule has 102 valence electrons. The monoisotopic (exact) mass is 261 g/mol. The number of rotatable bonds is 3. The number of carbonyl (C=O) groups excluding carboxylic acids is 1. The molecule has 0 saturated heterocycles. The molecule has 0 spiro atoms. The Morgan fingerprint density at radius 2 is 2.21 bits per heavy atom. The van der Waals surface area contributed by atoms with Crippen molar-refractivity contribution < 1.29 is 9.18 Å². The minimum Gasteiger partial charge on any atom is -0.326 e. The molecule has 1 aromatic rings. The highest BCUT2D eigenvalue weighted by Crippen LogP contribution is 2.49. The topological polar surface area (TPSA) is 29.1 Å². The maximum Gasteiger partial charge on any atom is 0.224 e. The summed E-state index contributed by atoms with van der Waals surface area (Å²) in [4.78, 5) is 12.0. The number of carbonyl (C=O) groups is 1. The van der Waals surface area contributed by atoms with E-state index in [1.54, 1.807) is 19.1 Å². The molecule has 0 heterocycles. The summed E-state index contributed by atoms with van der Waals surface area (Å²) in [6.45, 7) is 1.72. The van der Waals surface area contributed by atoms with E-state index in [1.165, 1.54) is 31.7 Å². The van der Waals surface area contributed by atoms with E-state index in [0.29, 0.717) is 23.6 Å². The molecule has 2 aliphatic carbocycles. The normalized spacial score (nSPS) is 28.6. The van der Waals surface area contributed by atoms with Crippen molar-refractivity contribution in [1.82, 2.24) is 0 Å². The summed E-state index contributed by atoms with van der Waals surface area (Å²) in [5.74, 6) is 1.93. The van der Waals surface area contributed by atoms with Gasteiger partial charge in [-0.3, -0.25) is 4.79 Å². The minimum atomic E-state index is -0.266. The number of fused-ring (bicyclic) bond motifs is 2. The molecule has 0 radical (unpaired) electrons. The van der Waals surface area contributed by atoms with Crippen LogP contribution in [-0.4, -0.2) is 5.91 Å². The molecule has 1 N–H and O–H groups in total. The maximum absolute atomic E-state index is 13.4. The van der Waals surface area contributed by atoms with Crippen LogP contribution in [0.25, 0.3) is 0 Å². The molecule has 0 unspecified atom stereocenters. The van der Waals surface area contributed by atoms with Gasteiger partial charge in [-0.15, -0.1) is 0 Å². The van der Waals surface area contributed by atoms with Crippen molar-refractivity contribution in [2.24, 2.45) is 17.8 Å². The van der Waals surface area contributed by atoms with Gasteiger partial charge in [-0.25, -0.2) is 4.39 Å². The number of aryl methyl sites for hydroxylation is 1. The number of halogens is 1. The second-order valence-corrected chi connectivity index (χ2v) is 6.15. The first kappa shape index (κ1) is 12.6. The van der Waals surface area contributed by atoms with Crippen molar-refractivity contribution in [3.05, 3.63) is 29.6 Å². The van der Waals surface area contributed by atoms with Gasteiger partial charge in [0.15, 0.2) is 0 Å². The van der Waals surface area contributed by atoms with Gasteiger partial charge >= 0.3 is 0 Å². The Labute approximate surface area is 113 Å². The molecule has 2 saturated carbocycles. The third kappa shape index (κ3) is 2.65. The van der Waals surface area contributed by atoms with E-state index >= 15 is 0 Å². The molecule has 2 fully saturated rings. The van der Waals surface area contributed by atoms with Crippen molar-refractivity contribution >= 4 is 11.6 Å². The molecule has 3 atom stereocenters. The molecule has 0 aliphatic heterocycles. The van der Waals surface area contributed by atoms with Crippen LogP contribution >= 0.6 is 0 Å². The van der Waals surface area contributed by atoms with Crippen molar-refractivity contribution in [3.63, 3.8) is 0 Å². The smallest absolute Gasteiger partial charge is 0.224 e. The van der Waals surface area contributed by atoms with E-state index in [2.05, 4.69) is 5.32 Å². The molecule has 2 aliphatic rings. The standard InChI is InChI=1S/C16H20FNO/c1-10-2-5-14(9-15(10)17)18-16(19)8-13-7-11-3-4-12(13)6-11/h2,5,9,11-13H,3-4,6-8H2,1H3,(H,18,19)/t11-,12-,13+/m0/s1. The summed E-state index contributed by atoms with van der Waals surface area (Å²) in [6.07, 6.45) is 5.77. The van der Waals surface area contributed by atoms with Crippen LogP contribution in [0.2, 0.25) is 0 Å². The van der Waals surface area contributed by atoms with Gasteiger partial charge in [0.2, 0.25) is 5.91 Å². The van der Waals surface area contributed by atoms with E-state index in [9.17, 15) is 9.18 Å². The summed E-state index contributed by atoms with van der Waals surface area (Å²) in [7, 11) is 0. The highest BCUT2D eigenvalue weighted by molar-refractivity contribution is 5.90. The second-order valence-electron chi connectivity index (χ2n) is 6.15. The molecular formula is C16H20FNO. The molecule has 0 aromatic heterocycles. The molecule has 2 nitrogen and oxygen atoms in total. The minimum absolute atomic E-state index is 0.0285. The van der Waals surface area contributed by atoms with Crippen LogP contribution in [0.3, 0.4) is 0 Å². The van der Waals surface area contributed by atoms with Gasteiger partial charge in [0.25, 0.3) is 0 Å². The molecule has 2 bridgehead atoms. The van der Waals surface area contributed by atoms with Gasteiger partial charge in [-0.05, 0) is 61.6 Å². The first-order chi connectivity index (χ1) is 9.11. The van der Waals surface area contributed by atoms with Gasteiger partial charge in [-0.1, -0.05) is 12.5 Å². The molecule has 3 heteroatoms. The fraction of sp³-hybridized carbons (Fsp3) is 0.562. The summed E-state index contributed by atoms with van der Waals surface area (Å²) < 4.78 is 13.4. The van der Waals surface area contributed by atoms with E-state index in [0.717, 1.165) is 11.8 Å². The lowest BCUT2D eigenvalue weighted by atomic mass is 9.86. The number of hydrogen-bond donors (Lipinski definition) is 1. The average Bonchev–Trinajstić information content (AvgIpc) is 2.96. The Morgan fingerprint density at radius 3 is 2.84 bits per heavy atom. The Morgan fingerprint density at radius 1 is 1.37 bits per heavy atom. The quantitative estimate of drug-likeness (QED) is 0.878. The zero-order valence-electron chi connectivity index (χ0n) is 11.3. The number of hydrogen-bond acceptors (Lipinski definition) is 1. The summed E-state index contributed by atoms with van der Waals surface area (Å²) in [6, 6.07) is 4.85. The summed E-state index contributed by atoms with van der Waals surface area (Å²) in [5.41, 5.74) is 1.17. The maximum atomic E-state index is 13.4. The number of nitrogens with one attached hydrogen (secondary N) is 1. The SMILES string of the molecule is Cc1ccc(NC(=O)C[C@H]2C[C@H]3CC[C@H]2C3)cc1F. The summed E-state index contributed by atoms with van der Waals surface area (Å²) in [5, 5.41) is 2.82.